The maximum atomic E-state index is 5.88. The molecule has 0 amide bonds. The third kappa shape index (κ3) is 2.56. The van der Waals surface area contributed by atoms with Crippen LogP contribution in [0.2, 0.25) is 0 Å². The topological polar surface area (TPSA) is 38.5 Å². The maximum Gasteiger partial charge on any atom is 0.143 e. The zero-order chi connectivity index (χ0) is 13.1. The number of rotatable bonds is 3. The number of hydrogen-bond acceptors (Lipinski definition) is 3. The molecule has 2 N–H and O–H groups in total. The zero-order valence-corrected chi connectivity index (χ0v) is 10.8. The Morgan fingerprint density at radius 2 is 1.79 bits per heavy atom. The summed E-state index contributed by atoms with van der Waals surface area (Å²) in [5.74, 6) is 0.931. The van der Waals surface area contributed by atoms with Crippen molar-refractivity contribution in [2.75, 3.05) is 18.0 Å². The highest BCUT2D eigenvalue weighted by Gasteiger charge is 2.24. The predicted molar refractivity (Wildman–Crippen MR) is 77.4 cm³/mol. The summed E-state index contributed by atoms with van der Waals surface area (Å²) in [5.41, 5.74) is 8.21. The van der Waals surface area contributed by atoms with Crippen molar-refractivity contribution in [1.82, 2.24) is 0 Å². The number of anilines is 1. The Morgan fingerprint density at radius 3 is 2.58 bits per heavy atom. The van der Waals surface area contributed by atoms with Crippen LogP contribution in [-0.2, 0) is 6.54 Å². The molecule has 0 aromatic heterocycles. The van der Waals surface area contributed by atoms with Crippen LogP contribution in [0.25, 0.3) is 0 Å². The Balaban J connectivity index is 1.88. The molecule has 1 aliphatic heterocycles. The van der Waals surface area contributed by atoms with Crippen LogP contribution in [0.5, 0.6) is 5.75 Å². The van der Waals surface area contributed by atoms with E-state index in [1.807, 2.05) is 24.3 Å². The number of fused-ring (bicyclic) bond motifs is 1. The normalized spacial score (nSPS) is 17.7. The fourth-order valence-electron chi connectivity index (χ4n) is 2.46. The molecule has 0 fully saturated rings. The van der Waals surface area contributed by atoms with Gasteiger partial charge in [-0.1, -0.05) is 42.5 Å². The number of hydrogen-bond donors (Lipinski definition) is 1. The summed E-state index contributed by atoms with van der Waals surface area (Å²) in [5, 5.41) is 0. The van der Waals surface area contributed by atoms with Crippen LogP contribution in [0, 0.1) is 0 Å². The molecule has 0 spiro atoms. The smallest absolute Gasteiger partial charge is 0.143 e. The van der Waals surface area contributed by atoms with Crippen LogP contribution in [0.1, 0.15) is 5.56 Å². The summed E-state index contributed by atoms with van der Waals surface area (Å²) >= 11 is 0. The number of benzene rings is 2. The van der Waals surface area contributed by atoms with E-state index in [1.165, 1.54) is 5.56 Å². The highest BCUT2D eigenvalue weighted by atomic mass is 16.5. The van der Waals surface area contributed by atoms with Crippen molar-refractivity contribution in [3.63, 3.8) is 0 Å². The SMILES string of the molecule is NCC1CN(Cc2ccccc2)c2ccccc2O1. The fourth-order valence-corrected chi connectivity index (χ4v) is 2.46. The number of ether oxygens (including phenoxy) is 1. The standard InChI is InChI=1S/C16H18N2O/c17-10-14-12-18(11-13-6-2-1-3-7-13)15-8-4-5-9-16(15)19-14/h1-9,14H,10-12,17H2. The van der Waals surface area contributed by atoms with Crippen molar-refractivity contribution >= 4 is 5.69 Å². The van der Waals surface area contributed by atoms with E-state index in [2.05, 4.69) is 35.2 Å². The van der Waals surface area contributed by atoms with Crippen LogP contribution in [0.3, 0.4) is 0 Å². The van der Waals surface area contributed by atoms with Crippen molar-refractivity contribution in [3.05, 3.63) is 60.2 Å². The molecule has 0 bridgehead atoms. The van der Waals surface area contributed by atoms with E-state index in [9.17, 15) is 0 Å². The number of nitrogens with two attached hydrogens (primary N) is 1. The summed E-state index contributed by atoms with van der Waals surface area (Å²) in [6.45, 7) is 2.26. The Labute approximate surface area is 113 Å². The summed E-state index contributed by atoms with van der Waals surface area (Å²) in [7, 11) is 0. The Hall–Kier alpha value is -2.00. The van der Waals surface area contributed by atoms with Crippen LogP contribution in [0.15, 0.2) is 54.6 Å². The van der Waals surface area contributed by atoms with E-state index < -0.39 is 0 Å². The van der Waals surface area contributed by atoms with Crippen LogP contribution >= 0.6 is 0 Å². The average Bonchev–Trinajstić information content (AvgIpc) is 2.48. The third-order valence-corrected chi connectivity index (χ3v) is 3.40. The third-order valence-electron chi connectivity index (χ3n) is 3.40. The van der Waals surface area contributed by atoms with Crippen molar-refractivity contribution in [1.29, 1.82) is 0 Å². The second-order valence-corrected chi connectivity index (χ2v) is 4.81. The maximum absolute atomic E-state index is 5.88. The molecule has 1 heterocycles. The van der Waals surface area contributed by atoms with Crippen LogP contribution in [0.4, 0.5) is 5.69 Å². The quantitative estimate of drug-likeness (QED) is 0.914. The van der Waals surface area contributed by atoms with E-state index in [4.69, 9.17) is 10.5 Å². The van der Waals surface area contributed by atoms with Crippen molar-refractivity contribution in [2.45, 2.75) is 12.6 Å². The molecule has 19 heavy (non-hydrogen) atoms. The van der Waals surface area contributed by atoms with Gasteiger partial charge in [-0.15, -0.1) is 0 Å². The molecule has 2 aromatic rings. The minimum absolute atomic E-state index is 0.0682. The molecular formula is C16H18N2O. The fraction of sp³-hybridized carbons (Fsp3) is 0.250. The zero-order valence-electron chi connectivity index (χ0n) is 10.8. The average molecular weight is 254 g/mol. The van der Waals surface area contributed by atoms with Crippen molar-refractivity contribution < 1.29 is 4.74 Å². The molecule has 0 aliphatic carbocycles. The molecule has 3 nitrogen and oxygen atoms in total. The van der Waals surface area contributed by atoms with Gasteiger partial charge in [-0.05, 0) is 17.7 Å². The van der Waals surface area contributed by atoms with Gasteiger partial charge >= 0.3 is 0 Å². The van der Waals surface area contributed by atoms with Gasteiger partial charge in [-0.2, -0.15) is 0 Å². The van der Waals surface area contributed by atoms with Crippen molar-refractivity contribution in [3.8, 4) is 5.75 Å². The molecule has 0 saturated carbocycles. The molecule has 3 heteroatoms. The van der Waals surface area contributed by atoms with E-state index >= 15 is 0 Å². The second-order valence-electron chi connectivity index (χ2n) is 4.81. The van der Waals surface area contributed by atoms with Gasteiger partial charge in [-0.3, -0.25) is 0 Å². The Morgan fingerprint density at radius 1 is 1.05 bits per heavy atom. The number of nitrogens with zero attached hydrogens (tertiary/aromatic N) is 1. The van der Waals surface area contributed by atoms with Gasteiger partial charge in [0.2, 0.25) is 0 Å². The Kier molecular flexibility index (Phi) is 3.38. The largest absolute Gasteiger partial charge is 0.485 e. The molecule has 3 rings (SSSR count). The van der Waals surface area contributed by atoms with Crippen molar-refractivity contribution in [2.24, 2.45) is 5.73 Å². The lowest BCUT2D eigenvalue weighted by atomic mass is 10.1. The molecule has 1 aliphatic rings. The summed E-state index contributed by atoms with van der Waals surface area (Å²) in [4.78, 5) is 2.34. The molecular weight excluding hydrogens is 236 g/mol. The first-order valence-electron chi connectivity index (χ1n) is 6.61. The van der Waals surface area contributed by atoms with Gasteiger partial charge in [-0.25, -0.2) is 0 Å². The molecule has 0 radical (unpaired) electrons. The minimum atomic E-state index is 0.0682. The predicted octanol–water partition coefficient (Wildman–Crippen LogP) is 2.41. The summed E-state index contributed by atoms with van der Waals surface area (Å²) in [6, 6.07) is 18.6. The minimum Gasteiger partial charge on any atom is -0.485 e. The van der Waals surface area contributed by atoms with Gasteiger partial charge in [0.05, 0.1) is 12.2 Å². The van der Waals surface area contributed by atoms with Gasteiger partial charge < -0.3 is 15.4 Å². The van der Waals surface area contributed by atoms with E-state index in [0.717, 1.165) is 24.5 Å². The lowest BCUT2D eigenvalue weighted by Gasteiger charge is -2.36. The van der Waals surface area contributed by atoms with E-state index in [0.29, 0.717) is 6.54 Å². The Bertz CT molecular complexity index is 541. The van der Waals surface area contributed by atoms with Crippen LogP contribution in [-0.4, -0.2) is 19.2 Å². The van der Waals surface area contributed by atoms with Gasteiger partial charge in [0.1, 0.15) is 11.9 Å². The molecule has 2 aromatic carbocycles. The summed E-state index contributed by atoms with van der Waals surface area (Å²) in [6.07, 6.45) is 0.0682. The molecule has 0 saturated heterocycles. The van der Waals surface area contributed by atoms with E-state index in [-0.39, 0.29) is 6.10 Å². The first-order chi connectivity index (χ1) is 9.36. The first-order valence-corrected chi connectivity index (χ1v) is 6.61. The molecule has 1 unspecified atom stereocenters. The molecule has 98 valence electrons. The lowest BCUT2D eigenvalue weighted by molar-refractivity contribution is 0.200. The summed E-state index contributed by atoms with van der Waals surface area (Å²) < 4.78 is 5.88. The lowest BCUT2D eigenvalue weighted by Crippen LogP contribution is -2.43. The highest BCUT2D eigenvalue weighted by molar-refractivity contribution is 5.60. The second kappa shape index (κ2) is 5.33. The molecule has 1 atom stereocenters. The van der Waals surface area contributed by atoms with Gasteiger partial charge in [0.15, 0.2) is 0 Å². The van der Waals surface area contributed by atoms with Gasteiger partial charge in [0, 0.05) is 13.1 Å². The van der Waals surface area contributed by atoms with Crippen LogP contribution < -0.4 is 15.4 Å². The monoisotopic (exact) mass is 254 g/mol. The first kappa shape index (κ1) is 12.1. The highest BCUT2D eigenvalue weighted by Crippen LogP contribution is 2.33. The number of para-hydroxylation sites is 2. The van der Waals surface area contributed by atoms with Gasteiger partial charge in [0.25, 0.3) is 0 Å². The van der Waals surface area contributed by atoms with E-state index in [1.54, 1.807) is 0 Å².